The molecule has 0 N–H and O–H groups in total. The molecule has 0 aromatic heterocycles. The third-order valence-electron chi connectivity index (χ3n) is 3.83. The first-order chi connectivity index (χ1) is 7.10. The second-order valence-corrected chi connectivity index (χ2v) is 5.12. The van der Waals surface area contributed by atoms with Gasteiger partial charge in [-0.2, -0.15) is 0 Å². The molecule has 86 valence electrons. The number of hydrogen-bond acceptors (Lipinski definition) is 3. The number of carbonyl (C=O) groups excluding carboxylic acids is 1. The van der Waals surface area contributed by atoms with Crippen LogP contribution in [0.25, 0.3) is 0 Å². The average Bonchev–Trinajstić information content (AvgIpc) is 2.96. The smallest absolute Gasteiger partial charge is 0.302 e. The summed E-state index contributed by atoms with van der Waals surface area (Å²) in [4.78, 5) is 10.7. The second kappa shape index (κ2) is 4.12. The van der Waals surface area contributed by atoms with Gasteiger partial charge in [0.25, 0.3) is 0 Å². The van der Waals surface area contributed by atoms with Gasteiger partial charge in [-0.05, 0) is 44.4 Å². The van der Waals surface area contributed by atoms with Gasteiger partial charge in [-0.15, -0.1) is 0 Å². The fourth-order valence-corrected chi connectivity index (χ4v) is 2.52. The Morgan fingerprint density at radius 1 is 1.40 bits per heavy atom. The molecule has 1 unspecified atom stereocenters. The molecule has 0 amide bonds. The van der Waals surface area contributed by atoms with Crippen LogP contribution in [0.15, 0.2) is 0 Å². The Morgan fingerprint density at radius 2 is 2.00 bits per heavy atom. The first-order valence-corrected chi connectivity index (χ1v) is 5.87. The molecule has 0 aromatic carbocycles. The zero-order valence-corrected chi connectivity index (χ0v) is 9.62. The molecule has 2 aliphatic rings. The van der Waals surface area contributed by atoms with Gasteiger partial charge in [-0.25, -0.2) is 0 Å². The molecule has 1 atom stereocenters. The number of epoxide rings is 1. The highest BCUT2D eigenvalue weighted by molar-refractivity contribution is 5.65. The first-order valence-electron chi connectivity index (χ1n) is 5.87. The third-order valence-corrected chi connectivity index (χ3v) is 3.83. The van der Waals surface area contributed by atoms with Crippen molar-refractivity contribution >= 4 is 5.97 Å². The van der Waals surface area contributed by atoms with Crippen LogP contribution in [-0.4, -0.2) is 24.8 Å². The largest absolute Gasteiger partial charge is 0.466 e. The fourth-order valence-electron chi connectivity index (χ4n) is 2.52. The van der Waals surface area contributed by atoms with E-state index >= 15 is 0 Å². The van der Waals surface area contributed by atoms with Gasteiger partial charge in [-0.1, -0.05) is 0 Å². The first kappa shape index (κ1) is 10.9. The Labute approximate surface area is 91.1 Å². The molecule has 3 heteroatoms. The van der Waals surface area contributed by atoms with Crippen molar-refractivity contribution < 1.29 is 14.3 Å². The predicted molar refractivity (Wildman–Crippen MR) is 56.4 cm³/mol. The van der Waals surface area contributed by atoms with Gasteiger partial charge in [0.2, 0.25) is 0 Å². The van der Waals surface area contributed by atoms with Crippen LogP contribution in [0, 0.1) is 11.8 Å². The van der Waals surface area contributed by atoms with E-state index in [4.69, 9.17) is 9.47 Å². The third kappa shape index (κ3) is 2.71. The molecule has 0 spiro atoms. The van der Waals surface area contributed by atoms with E-state index in [9.17, 15) is 4.79 Å². The SMILES string of the molecule is CC(=O)OCC1CCC(C2(C)CO2)CC1. The van der Waals surface area contributed by atoms with Crippen molar-refractivity contribution in [2.24, 2.45) is 11.8 Å². The average molecular weight is 212 g/mol. The molecule has 15 heavy (non-hydrogen) atoms. The maximum atomic E-state index is 10.7. The van der Waals surface area contributed by atoms with Gasteiger partial charge in [0, 0.05) is 6.92 Å². The van der Waals surface area contributed by atoms with Crippen molar-refractivity contribution in [1.82, 2.24) is 0 Å². The van der Waals surface area contributed by atoms with E-state index in [0.717, 1.165) is 12.5 Å². The highest BCUT2D eigenvalue weighted by Crippen LogP contribution is 2.44. The fraction of sp³-hybridized carbons (Fsp3) is 0.917. The van der Waals surface area contributed by atoms with Crippen LogP contribution in [0.5, 0.6) is 0 Å². The standard InChI is InChI=1S/C12H20O3/c1-9(13)14-7-10-3-5-11(6-4-10)12(2)8-15-12/h10-11H,3-8H2,1-2H3. The van der Waals surface area contributed by atoms with Crippen LogP contribution >= 0.6 is 0 Å². The second-order valence-electron chi connectivity index (χ2n) is 5.12. The molecular weight excluding hydrogens is 192 g/mol. The van der Waals surface area contributed by atoms with E-state index in [-0.39, 0.29) is 11.6 Å². The van der Waals surface area contributed by atoms with E-state index in [1.807, 2.05) is 0 Å². The van der Waals surface area contributed by atoms with Crippen LogP contribution in [0.3, 0.4) is 0 Å². The normalized spacial score (nSPS) is 39.9. The van der Waals surface area contributed by atoms with Crippen molar-refractivity contribution in [3.8, 4) is 0 Å². The summed E-state index contributed by atoms with van der Waals surface area (Å²) in [6.45, 7) is 5.24. The quantitative estimate of drug-likeness (QED) is 0.531. The van der Waals surface area contributed by atoms with E-state index in [2.05, 4.69) is 6.92 Å². The Morgan fingerprint density at radius 3 is 2.47 bits per heavy atom. The van der Waals surface area contributed by atoms with Crippen molar-refractivity contribution in [3.63, 3.8) is 0 Å². The molecule has 2 rings (SSSR count). The van der Waals surface area contributed by atoms with Crippen molar-refractivity contribution in [2.45, 2.75) is 45.1 Å². The number of ether oxygens (including phenoxy) is 2. The summed E-state index contributed by atoms with van der Waals surface area (Å²) < 4.78 is 10.5. The van der Waals surface area contributed by atoms with Gasteiger partial charge in [-0.3, -0.25) is 4.79 Å². The summed E-state index contributed by atoms with van der Waals surface area (Å²) >= 11 is 0. The molecule has 1 saturated heterocycles. The summed E-state index contributed by atoms with van der Waals surface area (Å²) in [7, 11) is 0. The summed E-state index contributed by atoms with van der Waals surface area (Å²) in [6.07, 6.45) is 4.80. The van der Waals surface area contributed by atoms with Crippen LogP contribution in [0.1, 0.15) is 39.5 Å². The number of esters is 1. The summed E-state index contributed by atoms with van der Waals surface area (Å²) in [5.74, 6) is 1.15. The topological polar surface area (TPSA) is 38.8 Å². The van der Waals surface area contributed by atoms with Gasteiger partial charge in [0.1, 0.15) is 0 Å². The van der Waals surface area contributed by atoms with Gasteiger partial charge in [0.05, 0.1) is 18.8 Å². The minimum absolute atomic E-state index is 0.158. The minimum Gasteiger partial charge on any atom is -0.466 e. The van der Waals surface area contributed by atoms with Crippen LogP contribution in [-0.2, 0) is 14.3 Å². The van der Waals surface area contributed by atoms with Crippen LogP contribution < -0.4 is 0 Å². The zero-order chi connectivity index (χ0) is 10.9. The highest BCUT2D eigenvalue weighted by Gasteiger charge is 2.47. The minimum atomic E-state index is -0.158. The Hall–Kier alpha value is -0.570. The maximum Gasteiger partial charge on any atom is 0.302 e. The molecule has 3 nitrogen and oxygen atoms in total. The van der Waals surface area contributed by atoms with Crippen molar-refractivity contribution in [1.29, 1.82) is 0 Å². The Balaban J connectivity index is 1.70. The lowest BCUT2D eigenvalue weighted by molar-refractivity contribution is -0.142. The van der Waals surface area contributed by atoms with Crippen molar-refractivity contribution in [3.05, 3.63) is 0 Å². The van der Waals surface area contributed by atoms with Gasteiger partial charge < -0.3 is 9.47 Å². The van der Waals surface area contributed by atoms with E-state index in [1.165, 1.54) is 32.6 Å². The lowest BCUT2D eigenvalue weighted by atomic mass is 9.76. The molecule has 1 heterocycles. The zero-order valence-electron chi connectivity index (χ0n) is 9.62. The predicted octanol–water partition coefficient (Wildman–Crippen LogP) is 2.14. The number of hydrogen-bond donors (Lipinski definition) is 0. The van der Waals surface area contributed by atoms with E-state index in [1.54, 1.807) is 0 Å². The molecule has 0 aromatic rings. The molecule has 1 aliphatic heterocycles. The highest BCUT2D eigenvalue weighted by atomic mass is 16.6. The molecule has 2 fully saturated rings. The summed E-state index contributed by atoms with van der Waals surface area (Å²) in [6, 6.07) is 0. The summed E-state index contributed by atoms with van der Waals surface area (Å²) in [5, 5.41) is 0. The summed E-state index contributed by atoms with van der Waals surface area (Å²) in [5.41, 5.74) is 0.187. The van der Waals surface area contributed by atoms with Gasteiger partial charge in [0.15, 0.2) is 0 Å². The molecule has 0 radical (unpaired) electrons. The van der Waals surface area contributed by atoms with E-state index < -0.39 is 0 Å². The van der Waals surface area contributed by atoms with Crippen molar-refractivity contribution in [2.75, 3.05) is 13.2 Å². The Bertz CT molecular complexity index is 237. The molecular formula is C12H20O3. The Kier molecular flexibility index (Phi) is 3.01. The number of carbonyl (C=O) groups is 1. The van der Waals surface area contributed by atoms with Gasteiger partial charge >= 0.3 is 5.97 Å². The number of rotatable bonds is 3. The monoisotopic (exact) mass is 212 g/mol. The van der Waals surface area contributed by atoms with Crippen LogP contribution in [0.2, 0.25) is 0 Å². The molecule has 0 bridgehead atoms. The molecule has 1 saturated carbocycles. The lowest BCUT2D eigenvalue weighted by Gasteiger charge is -2.30. The van der Waals surface area contributed by atoms with Crippen LogP contribution in [0.4, 0.5) is 0 Å². The maximum absolute atomic E-state index is 10.7. The molecule has 1 aliphatic carbocycles. The van der Waals surface area contributed by atoms with E-state index in [0.29, 0.717) is 12.5 Å². The lowest BCUT2D eigenvalue weighted by Crippen LogP contribution is -2.28.